The molecule has 0 aliphatic carbocycles. The molecule has 3 rings (SSSR count). The molecule has 112 valence electrons. The molecule has 0 radical (unpaired) electrons. The predicted octanol–water partition coefficient (Wildman–Crippen LogP) is 1.54. The van der Waals surface area contributed by atoms with Crippen molar-refractivity contribution in [1.29, 1.82) is 0 Å². The Kier molecular flexibility index (Phi) is 3.90. The van der Waals surface area contributed by atoms with Crippen molar-refractivity contribution in [2.24, 2.45) is 0 Å². The van der Waals surface area contributed by atoms with Gasteiger partial charge >= 0.3 is 0 Å². The van der Waals surface area contributed by atoms with Crippen molar-refractivity contribution >= 4 is 11.4 Å². The van der Waals surface area contributed by atoms with Gasteiger partial charge in [0.2, 0.25) is 0 Å². The molecule has 2 heterocycles. The fourth-order valence-electron chi connectivity index (χ4n) is 3.13. The molecule has 1 fully saturated rings. The number of hydrogen-bond acceptors (Lipinski definition) is 5. The summed E-state index contributed by atoms with van der Waals surface area (Å²) in [4.78, 5) is 15.3. The minimum absolute atomic E-state index is 0.0989. The van der Waals surface area contributed by atoms with Crippen LogP contribution in [0.15, 0.2) is 30.4 Å². The summed E-state index contributed by atoms with van der Waals surface area (Å²) < 4.78 is 0. The highest BCUT2D eigenvalue weighted by Gasteiger charge is 2.31. The average Bonchev–Trinajstić information content (AvgIpc) is 3.17. The second-order valence-electron chi connectivity index (χ2n) is 5.55. The van der Waals surface area contributed by atoms with Crippen LogP contribution in [0.3, 0.4) is 0 Å². The number of hydrogen-bond donors (Lipinski definition) is 1. The molecule has 6 nitrogen and oxygen atoms in total. The highest BCUT2D eigenvalue weighted by Crippen LogP contribution is 2.33. The molecule has 21 heavy (non-hydrogen) atoms. The van der Waals surface area contributed by atoms with E-state index in [2.05, 4.69) is 22.0 Å². The zero-order valence-electron chi connectivity index (χ0n) is 11.8. The maximum Gasteiger partial charge on any atom is 0.292 e. The molecule has 0 bridgehead atoms. The third kappa shape index (κ3) is 2.77. The Morgan fingerprint density at radius 3 is 2.76 bits per heavy atom. The molecule has 2 aliphatic rings. The van der Waals surface area contributed by atoms with Crippen LogP contribution in [0.5, 0.6) is 0 Å². The van der Waals surface area contributed by atoms with Crippen molar-refractivity contribution in [1.82, 2.24) is 4.90 Å². The Morgan fingerprint density at radius 1 is 1.33 bits per heavy atom. The molecular weight excluding hydrogens is 270 g/mol. The van der Waals surface area contributed by atoms with Crippen LogP contribution < -0.4 is 4.90 Å². The first-order valence-electron chi connectivity index (χ1n) is 7.21. The van der Waals surface area contributed by atoms with E-state index in [4.69, 9.17) is 0 Å². The lowest BCUT2D eigenvalue weighted by Crippen LogP contribution is -2.35. The number of anilines is 1. The molecule has 6 heteroatoms. The average molecular weight is 289 g/mol. The predicted molar refractivity (Wildman–Crippen MR) is 80.4 cm³/mol. The fourth-order valence-corrected chi connectivity index (χ4v) is 3.13. The Bertz CT molecular complexity index is 565. The Labute approximate surface area is 123 Å². The van der Waals surface area contributed by atoms with Gasteiger partial charge in [-0.1, -0.05) is 12.2 Å². The molecule has 1 aromatic rings. The lowest BCUT2D eigenvalue weighted by Gasteiger charge is -2.24. The topological polar surface area (TPSA) is 69.8 Å². The van der Waals surface area contributed by atoms with Gasteiger partial charge in [-0.3, -0.25) is 15.0 Å². The summed E-state index contributed by atoms with van der Waals surface area (Å²) in [6.45, 7) is 3.46. The molecular formula is C15H19N3O3. The number of nitrogens with zero attached hydrogens (tertiary/aromatic N) is 3. The Balaban J connectivity index is 1.81. The van der Waals surface area contributed by atoms with Gasteiger partial charge in [0.05, 0.1) is 11.5 Å². The number of nitro groups is 1. The van der Waals surface area contributed by atoms with E-state index in [9.17, 15) is 15.2 Å². The lowest BCUT2D eigenvalue weighted by atomic mass is 10.1. The highest BCUT2D eigenvalue weighted by atomic mass is 16.6. The molecule has 0 spiro atoms. The number of nitro benzene ring substituents is 1. The van der Waals surface area contributed by atoms with Gasteiger partial charge < -0.3 is 10.0 Å². The number of benzene rings is 1. The summed E-state index contributed by atoms with van der Waals surface area (Å²) in [5.74, 6) is 0. The molecule has 1 atom stereocenters. The van der Waals surface area contributed by atoms with Gasteiger partial charge in [-0.15, -0.1) is 0 Å². The molecule has 0 aromatic heterocycles. The summed E-state index contributed by atoms with van der Waals surface area (Å²) in [6, 6.07) is 5.28. The second-order valence-corrected chi connectivity index (χ2v) is 5.55. The van der Waals surface area contributed by atoms with Gasteiger partial charge in [-0.05, 0) is 24.1 Å². The van der Waals surface area contributed by atoms with Gasteiger partial charge in [0.25, 0.3) is 5.69 Å². The zero-order valence-corrected chi connectivity index (χ0v) is 11.8. The van der Waals surface area contributed by atoms with E-state index in [1.807, 2.05) is 0 Å². The molecule has 2 aliphatic heterocycles. The third-order valence-electron chi connectivity index (χ3n) is 4.29. The van der Waals surface area contributed by atoms with Crippen LogP contribution in [0, 0.1) is 10.1 Å². The Hall–Kier alpha value is -1.92. The fraction of sp³-hybridized carbons (Fsp3) is 0.467. The van der Waals surface area contributed by atoms with Gasteiger partial charge in [-0.25, -0.2) is 0 Å². The van der Waals surface area contributed by atoms with Crippen molar-refractivity contribution in [3.63, 3.8) is 0 Å². The van der Waals surface area contributed by atoms with Crippen LogP contribution in [-0.2, 0) is 6.61 Å². The van der Waals surface area contributed by atoms with Crippen molar-refractivity contribution in [2.75, 3.05) is 31.1 Å². The maximum absolute atomic E-state index is 11.2. The van der Waals surface area contributed by atoms with Crippen molar-refractivity contribution < 1.29 is 10.0 Å². The smallest absolute Gasteiger partial charge is 0.292 e. The van der Waals surface area contributed by atoms with E-state index in [0.29, 0.717) is 17.3 Å². The van der Waals surface area contributed by atoms with Gasteiger partial charge in [-0.2, -0.15) is 0 Å². The van der Waals surface area contributed by atoms with Crippen molar-refractivity contribution in [2.45, 2.75) is 19.1 Å². The first-order chi connectivity index (χ1) is 10.2. The van der Waals surface area contributed by atoms with Crippen molar-refractivity contribution in [3.05, 3.63) is 46.0 Å². The maximum atomic E-state index is 11.2. The molecule has 0 saturated carbocycles. The molecule has 1 N–H and O–H groups in total. The summed E-state index contributed by atoms with van der Waals surface area (Å²) in [7, 11) is 0. The minimum Gasteiger partial charge on any atom is -0.392 e. The van der Waals surface area contributed by atoms with E-state index in [1.165, 1.54) is 6.07 Å². The van der Waals surface area contributed by atoms with Crippen LogP contribution in [0.1, 0.15) is 12.0 Å². The lowest BCUT2D eigenvalue weighted by molar-refractivity contribution is -0.384. The SMILES string of the molecule is O=[N+]([O-])c1ccc(CO)cc1N1CCC(N2CC=CC2)C1. The summed E-state index contributed by atoms with van der Waals surface area (Å²) >= 11 is 0. The molecule has 1 unspecified atom stereocenters. The monoisotopic (exact) mass is 289 g/mol. The van der Waals surface area contributed by atoms with Crippen LogP contribution in [0.2, 0.25) is 0 Å². The third-order valence-corrected chi connectivity index (χ3v) is 4.29. The van der Waals surface area contributed by atoms with Gasteiger partial charge in [0, 0.05) is 38.3 Å². The number of rotatable bonds is 4. The molecule has 1 aromatic carbocycles. The summed E-state index contributed by atoms with van der Waals surface area (Å²) in [5, 5.41) is 20.5. The van der Waals surface area contributed by atoms with Crippen LogP contribution >= 0.6 is 0 Å². The highest BCUT2D eigenvalue weighted by molar-refractivity contribution is 5.65. The van der Waals surface area contributed by atoms with E-state index >= 15 is 0 Å². The van der Waals surface area contributed by atoms with E-state index < -0.39 is 0 Å². The number of aliphatic hydroxyl groups is 1. The van der Waals surface area contributed by atoms with Crippen LogP contribution in [0.25, 0.3) is 0 Å². The quantitative estimate of drug-likeness (QED) is 0.517. The summed E-state index contributed by atoms with van der Waals surface area (Å²) in [6.07, 6.45) is 5.34. The Morgan fingerprint density at radius 2 is 2.10 bits per heavy atom. The van der Waals surface area contributed by atoms with Gasteiger partial charge in [0.1, 0.15) is 5.69 Å². The first-order valence-corrected chi connectivity index (χ1v) is 7.21. The van der Waals surface area contributed by atoms with Crippen LogP contribution in [0.4, 0.5) is 11.4 Å². The number of aliphatic hydroxyl groups excluding tert-OH is 1. The van der Waals surface area contributed by atoms with E-state index in [0.717, 1.165) is 32.6 Å². The minimum atomic E-state index is -0.346. The molecule has 0 amide bonds. The summed E-state index contributed by atoms with van der Waals surface area (Å²) in [5.41, 5.74) is 1.45. The van der Waals surface area contributed by atoms with Crippen molar-refractivity contribution in [3.8, 4) is 0 Å². The van der Waals surface area contributed by atoms with Crippen LogP contribution in [-0.4, -0.2) is 47.2 Å². The van der Waals surface area contributed by atoms with E-state index in [-0.39, 0.29) is 17.2 Å². The second kappa shape index (κ2) is 5.83. The van der Waals surface area contributed by atoms with Gasteiger partial charge in [0.15, 0.2) is 0 Å². The molecule has 1 saturated heterocycles. The zero-order chi connectivity index (χ0) is 14.8. The largest absolute Gasteiger partial charge is 0.392 e. The van der Waals surface area contributed by atoms with E-state index in [1.54, 1.807) is 12.1 Å². The normalized spacial score (nSPS) is 22.1. The first kappa shape index (κ1) is 14.0. The standard InChI is InChI=1S/C15H19N3O3/c19-11-12-3-4-14(18(20)21)15(9-12)17-8-5-13(10-17)16-6-1-2-7-16/h1-4,9,13,19H,5-8,10-11H2.